The molecular weight excluding hydrogens is 312 g/mol. The molecule has 1 aromatic carbocycles. The van der Waals surface area contributed by atoms with E-state index < -0.39 is 0 Å². The summed E-state index contributed by atoms with van der Waals surface area (Å²) in [5.74, 6) is 0. The number of hydrogen-bond donors (Lipinski definition) is 2. The van der Waals surface area contributed by atoms with E-state index in [0.29, 0.717) is 0 Å². The van der Waals surface area contributed by atoms with E-state index in [0.717, 1.165) is 37.6 Å². The molecule has 92 valence electrons. The van der Waals surface area contributed by atoms with Gasteiger partial charge in [0.05, 0.1) is 26.8 Å². The number of aromatic amines is 1. The molecule has 3 aromatic rings. The maximum absolute atomic E-state index is 4.64. The number of H-pyrrole nitrogens is 1. The molecule has 0 unspecified atom stereocenters. The maximum Gasteiger partial charge on any atom is 0.124 e. The Hall–Kier alpha value is -1.24. The maximum atomic E-state index is 4.64. The average molecular weight is 323 g/mol. The molecule has 2 aromatic heterocycles. The lowest BCUT2D eigenvalue weighted by molar-refractivity contribution is 0.795. The second-order valence-corrected chi connectivity index (χ2v) is 6.22. The number of aromatic nitrogens is 3. The highest BCUT2D eigenvalue weighted by Crippen LogP contribution is 2.32. The van der Waals surface area contributed by atoms with Crippen LogP contribution in [0.15, 0.2) is 28.3 Å². The summed E-state index contributed by atoms with van der Waals surface area (Å²) in [4.78, 5) is 12.0. The predicted molar refractivity (Wildman–Crippen MR) is 77.7 cm³/mol. The molecule has 0 aliphatic carbocycles. The summed E-state index contributed by atoms with van der Waals surface area (Å²) in [5.41, 5.74) is 4.17. The largest absolute Gasteiger partial charge is 0.345 e. The molecule has 2 heterocycles. The van der Waals surface area contributed by atoms with Crippen LogP contribution in [0.2, 0.25) is 0 Å². The van der Waals surface area contributed by atoms with Gasteiger partial charge in [-0.15, -0.1) is 11.3 Å². The Bertz CT molecular complexity index is 688. The third kappa shape index (κ3) is 2.07. The van der Waals surface area contributed by atoms with Crippen molar-refractivity contribution in [2.75, 3.05) is 7.05 Å². The van der Waals surface area contributed by atoms with Crippen molar-refractivity contribution in [3.8, 4) is 10.6 Å². The fourth-order valence-corrected chi connectivity index (χ4v) is 3.30. The molecule has 0 aliphatic rings. The van der Waals surface area contributed by atoms with Crippen molar-refractivity contribution in [3.63, 3.8) is 0 Å². The van der Waals surface area contributed by atoms with Gasteiger partial charge in [-0.25, -0.2) is 9.97 Å². The van der Waals surface area contributed by atoms with Crippen LogP contribution in [0.4, 0.5) is 0 Å². The first kappa shape index (κ1) is 11.8. The molecule has 0 bridgehead atoms. The van der Waals surface area contributed by atoms with Crippen molar-refractivity contribution >= 4 is 38.3 Å². The monoisotopic (exact) mass is 322 g/mol. The summed E-state index contributed by atoms with van der Waals surface area (Å²) in [6, 6.07) is 6.14. The quantitative estimate of drug-likeness (QED) is 0.778. The molecule has 2 N–H and O–H groups in total. The SMILES string of the molecule is CNCc1nc(-c2ccc3nc[nH]c3c2)sc1Br. The number of halogens is 1. The minimum absolute atomic E-state index is 0.767. The smallest absolute Gasteiger partial charge is 0.124 e. The van der Waals surface area contributed by atoms with E-state index in [1.807, 2.05) is 13.1 Å². The summed E-state index contributed by atoms with van der Waals surface area (Å²) in [6.07, 6.45) is 1.71. The number of fused-ring (bicyclic) bond motifs is 1. The molecule has 6 heteroatoms. The highest BCUT2D eigenvalue weighted by atomic mass is 79.9. The van der Waals surface area contributed by atoms with Crippen molar-refractivity contribution in [2.45, 2.75) is 6.54 Å². The lowest BCUT2D eigenvalue weighted by atomic mass is 10.2. The van der Waals surface area contributed by atoms with E-state index in [1.165, 1.54) is 0 Å². The first-order valence-electron chi connectivity index (χ1n) is 5.51. The zero-order valence-corrected chi connectivity index (χ0v) is 12.1. The summed E-state index contributed by atoms with van der Waals surface area (Å²) in [6.45, 7) is 0.767. The second kappa shape index (κ2) is 4.79. The normalized spacial score (nSPS) is 11.2. The molecular formula is C12H11BrN4S. The Morgan fingerprint density at radius 1 is 1.44 bits per heavy atom. The lowest BCUT2D eigenvalue weighted by Crippen LogP contribution is -2.05. The summed E-state index contributed by atoms with van der Waals surface area (Å²) < 4.78 is 1.08. The van der Waals surface area contributed by atoms with Gasteiger partial charge in [-0.1, -0.05) is 0 Å². The van der Waals surface area contributed by atoms with E-state index in [4.69, 9.17) is 0 Å². The summed E-state index contributed by atoms with van der Waals surface area (Å²) >= 11 is 5.20. The predicted octanol–water partition coefficient (Wildman–Crippen LogP) is 3.17. The number of benzene rings is 1. The van der Waals surface area contributed by atoms with Gasteiger partial charge in [0.2, 0.25) is 0 Å². The summed E-state index contributed by atoms with van der Waals surface area (Å²) in [5, 5.41) is 4.13. The zero-order chi connectivity index (χ0) is 12.5. The highest BCUT2D eigenvalue weighted by Gasteiger charge is 2.10. The Morgan fingerprint density at radius 3 is 3.17 bits per heavy atom. The topological polar surface area (TPSA) is 53.6 Å². The number of imidazole rings is 1. The fraction of sp³-hybridized carbons (Fsp3) is 0.167. The van der Waals surface area contributed by atoms with Crippen LogP contribution in [0.25, 0.3) is 21.6 Å². The van der Waals surface area contributed by atoms with Gasteiger partial charge in [0.1, 0.15) is 5.01 Å². The second-order valence-electron chi connectivity index (χ2n) is 3.90. The van der Waals surface area contributed by atoms with Crippen molar-refractivity contribution < 1.29 is 0 Å². The third-order valence-electron chi connectivity index (χ3n) is 2.66. The molecule has 0 spiro atoms. The van der Waals surface area contributed by atoms with Gasteiger partial charge in [-0.05, 0) is 41.2 Å². The Labute approximate surface area is 117 Å². The molecule has 0 fully saturated rings. The molecule has 0 saturated carbocycles. The van der Waals surface area contributed by atoms with E-state index in [1.54, 1.807) is 17.7 Å². The average Bonchev–Trinajstić information content (AvgIpc) is 2.96. The highest BCUT2D eigenvalue weighted by molar-refractivity contribution is 9.11. The Morgan fingerprint density at radius 2 is 2.33 bits per heavy atom. The Kier molecular flexibility index (Phi) is 3.15. The standard InChI is InChI=1S/C12H11BrN4S/c1-14-5-10-11(13)18-12(17-10)7-2-3-8-9(4-7)16-6-15-8/h2-4,6,14H,5H2,1H3,(H,15,16). The van der Waals surface area contributed by atoms with Gasteiger partial charge in [0.15, 0.2) is 0 Å². The van der Waals surface area contributed by atoms with Gasteiger partial charge < -0.3 is 10.3 Å². The minimum atomic E-state index is 0.767. The van der Waals surface area contributed by atoms with Crippen LogP contribution >= 0.6 is 27.3 Å². The molecule has 0 saturated heterocycles. The number of nitrogens with one attached hydrogen (secondary N) is 2. The molecule has 0 atom stereocenters. The molecule has 0 amide bonds. The van der Waals surface area contributed by atoms with Crippen LogP contribution in [-0.2, 0) is 6.54 Å². The molecule has 18 heavy (non-hydrogen) atoms. The van der Waals surface area contributed by atoms with E-state index in [2.05, 4.69) is 48.3 Å². The molecule has 0 aliphatic heterocycles. The molecule has 3 rings (SSSR count). The van der Waals surface area contributed by atoms with Crippen LogP contribution < -0.4 is 5.32 Å². The molecule has 4 nitrogen and oxygen atoms in total. The van der Waals surface area contributed by atoms with Crippen molar-refractivity contribution in [2.24, 2.45) is 0 Å². The van der Waals surface area contributed by atoms with Crippen molar-refractivity contribution in [1.82, 2.24) is 20.3 Å². The van der Waals surface area contributed by atoms with Crippen LogP contribution in [0.5, 0.6) is 0 Å². The van der Waals surface area contributed by atoms with Gasteiger partial charge in [-0.3, -0.25) is 0 Å². The van der Waals surface area contributed by atoms with E-state index in [-0.39, 0.29) is 0 Å². The lowest BCUT2D eigenvalue weighted by Gasteiger charge is -1.96. The van der Waals surface area contributed by atoms with Crippen molar-refractivity contribution in [3.05, 3.63) is 34.0 Å². The van der Waals surface area contributed by atoms with Gasteiger partial charge in [0, 0.05) is 12.1 Å². The first-order valence-corrected chi connectivity index (χ1v) is 7.12. The van der Waals surface area contributed by atoms with Crippen LogP contribution in [0.3, 0.4) is 0 Å². The number of nitrogens with zero attached hydrogens (tertiary/aromatic N) is 2. The van der Waals surface area contributed by atoms with Crippen LogP contribution in [0.1, 0.15) is 5.69 Å². The van der Waals surface area contributed by atoms with Crippen LogP contribution in [-0.4, -0.2) is 22.0 Å². The molecule has 0 radical (unpaired) electrons. The number of thiazole rings is 1. The van der Waals surface area contributed by atoms with Gasteiger partial charge >= 0.3 is 0 Å². The number of rotatable bonds is 3. The minimum Gasteiger partial charge on any atom is -0.345 e. The summed E-state index contributed by atoms with van der Waals surface area (Å²) in [7, 11) is 1.92. The van der Waals surface area contributed by atoms with Crippen LogP contribution in [0, 0.1) is 0 Å². The zero-order valence-electron chi connectivity index (χ0n) is 9.70. The van der Waals surface area contributed by atoms with Crippen molar-refractivity contribution in [1.29, 1.82) is 0 Å². The van der Waals surface area contributed by atoms with E-state index in [9.17, 15) is 0 Å². The van der Waals surface area contributed by atoms with Gasteiger partial charge in [-0.2, -0.15) is 0 Å². The van der Waals surface area contributed by atoms with Gasteiger partial charge in [0.25, 0.3) is 0 Å². The fourth-order valence-electron chi connectivity index (χ4n) is 1.80. The van der Waals surface area contributed by atoms with E-state index >= 15 is 0 Å². The Balaban J connectivity index is 2.05. The first-order chi connectivity index (χ1) is 8.78. The number of hydrogen-bond acceptors (Lipinski definition) is 4. The third-order valence-corrected chi connectivity index (χ3v) is 4.54.